The molecule has 2 heterocycles. The second-order valence-electron chi connectivity index (χ2n) is 5.39. The molecule has 3 nitrogen and oxygen atoms in total. The van der Waals surface area contributed by atoms with Crippen LogP contribution in [0, 0.1) is 11.8 Å². The summed E-state index contributed by atoms with van der Waals surface area (Å²) in [4.78, 5) is 11.1. The summed E-state index contributed by atoms with van der Waals surface area (Å²) in [5.74, 6) is 1.67. The van der Waals surface area contributed by atoms with Crippen LogP contribution in [0.15, 0.2) is 55.4 Å². The molecule has 128 valence electrons. The number of hydrogen-bond donors (Lipinski definition) is 0. The zero-order chi connectivity index (χ0) is 15.6. The van der Waals surface area contributed by atoms with Gasteiger partial charge in [-0.1, -0.05) is 62.5 Å². The van der Waals surface area contributed by atoms with E-state index in [2.05, 4.69) is 56.5 Å². The van der Waals surface area contributed by atoms with Gasteiger partial charge in [-0.15, -0.1) is 0 Å². The first-order chi connectivity index (χ1) is 9.46. The predicted molar refractivity (Wildman–Crippen MR) is 101 cm³/mol. The van der Waals surface area contributed by atoms with Gasteiger partial charge in [0, 0.05) is 24.8 Å². The maximum atomic E-state index is 3.78. The van der Waals surface area contributed by atoms with Crippen molar-refractivity contribution in [1.82, 2.24) is 15.0 Å². The van der Waals surface area contributed by atoms with Crippen LogP contribution in [0.3, 0.4) is 0 Å². The average Bonchev–Trinajstić information content (AvgIpc) is 2.42. The van der Waals surface area contributed by atoms with Gasteiger partial charge in [-0.3, -0.25) is 4.98 Å². The highest BCUT2D eigenvalue weighted by Gasteiger charge is 1.68. The molecule has 0 unspecified atom stereocenters. The van der Waals surface area contributed by atoms with E-state index >= 15 is 0 Å². The SMILES string of the molecule is C.C.CC(C)C.CC(C)C.c1ccncc1.c1cncnc1. The van der Waals surface area contributed by atoms with Crippen LogP contribution in [-0.2, 0) is 0 Å². The number of nitrogens with zero attached hydrogens (tertiary/aromatic N) is 3. The molecular formula is C19H37N3. The zero-order valence-electron chi connectivity index (χ0n) is 13.7. The van der Waals surface area contributed by atoms with Crippen molar-refractivity contribution in [3.05, 3.63) is 55.4 Å². The van der Waals surface area contributed by atoms with E-state index in [1.807, 2.05) is 18.2 Å². The van der Waals surface area contributed by atoms with Crippen molar-refractivity contribution in [2.45, 2.75) is 56.4 Å². The maximum Gasteiger partial charge on any atom is 0.115 e. The average molecular weight is 308 g/mol. The Morgan fingerprint density at radius 3 is 0.909 bits per heavy atom. The molecule has 0 saturated heterocycles. The quantitative estimate of drug-likeness (QED) is 0.585. The fourth-order valence-corrected chi connectivity index (χ4v) is 0.566. The minimum Gasteiger partial charge on any atom is -0.265 e. The largest absolute Gasteiger partial charge is 0.265 e. The molecule has 0 radical (unpaired) electrons. The fraction of sp³-hybridized carbons (Fsp3) is 0.526. The standard InChI is InChI=1S/C5H5N.C4H4N2.2C4H10.2CH4/c1-2-4-6-5-3-1;1-2-5-4-6-3-1;2*1-4(2)3;;/h1-5H;1-4H;2*4H,1-3H3;2*1H4. The first kappa shape index (κ1) is 28.4. The lowest BCUT2D eigenvalue weighted by molar-refractivity contribution is 0.736. The van der Waals surface area contributed by atoms with Crippen LogP contribution in [0.4, 0.5) is 0 Å². The van der Waals surface area contributed by atoms with E-state index in [4.69, 9.17) is 0 Å². The molecular weight excluding hydrogens is 270 g/mol. The Morgan fingerprint density at radius 2 is 0.818 bits per heavy atom. The molecule has 22 heavy (non-hydrogen) atoms. The van der Waals surface area contributed by atoms with Crippen LogP contribution in [0.5, 0.6) is 0 Å². The molecule has 0 aromatic carbocycles. The summed E-state index contributed by atoms with van der Waals surface area (Å²) in [6.45, 7) is 13.0. The summed E-state index contributed by atoms with van der Waals surface area (Å²) in [6, 6.07) is 7.49. The molecule has 0 amide bonds. The Morgan fingerprint density at radius 1 is 0.500 bits per heavy atom. The Hall–Kier alpha value is -1.77. The van der Waals surface area contributed by atoms with Crippen molar-refractivity contribution in [1.29, 1.82) is 0 Å². The van der Waals surface area contributed by atoms with Gasteiger partial charge in [0.1, 0.15) is 6.33 Å². The number of pyridine rings is 1. The lowest BCUT2D eigenvalue weighted by Gasteiger charge is -1.79. The van der Waals surface area contributed by atoms with Crippen LogP contribution in [0.1, 0.15) is 56.4 Å². The monoisotopic (exact) mass is 307 g/mol. The van der Waals surface area contributed by atoms with Gasteiger partial charge in [0.15, 0.2) is 0 Å². The minimum atomic E-state index is 0. The molecule has 0 saturated carbocycles. The van der Waals surface area contributed by atoms with Crippen LogP contribution in [0.25, 0.3) is 0 Å². The second kappa shape index (κ2) is 24.3. The van der Waals surface area contributed by atoms with E-state index in [0.29, 0.717) is 0 Å². The predicted octanol–water partition coefficient (Wildman–Crippen LogP) is 6.16. The molecule has 0 bridgehead atoms. The third-order valence-corrected chi connectivity index (χ3v) is 1.04. The van der Waals surface area contributed by atoms with E-state index in [1.165, 1.54) is 6.33 Å². The van der Waals surface area contributed by atoms with Gasteiger partial charge < -0.3 is 0 Å². The molecule has 3 heteroatoms. The molecule has 0 fully saturated rings. The maximum absolute atomic E-state index is 3.78. The third-order valence-electron chi connectivity index (χ3n) is 1.04. The highest BCUT2D eigenvalue weighted by Crippen LogP contribution is 1.81. The fourth-order valence-electron chi connectivity index (χ4n) is 0.566. The lowest BCUT2D eigenvalue weighted by Crippen LogP contribution is -1.66. The van der Waals surface area contributed by atoms with Crippen LogP contribution in [-0.4, -0.2) is 15.0 Å². The molecule has 2 rings (SSSR count). The normalized spacial score (nSPS) is 7.64. The van der Waals surface area contributed by atoms with E-state index in [-0.39, 0.29) is 14.9 Å². The van der Waals surface area contributed by atoms with Gasteiger partial charge in [0.2, 0.25) is 0 Å². The molecule has 0 atom stereocenters. The first-order valence-corrected chi connectivity index (χ1v) is 7.01. The van der Waals surface area contributed by atoms with E-state index in [1.54, 1.807) is 30.9 Å². The molecule has 0 aliphatic heterocycles. The van der Waals surface area contributed by atoms with Gasteiger partial charge in [-0.25, -0.2) is 9.97 Å². The summed E-state index contributed by atoms with van der Waals surface area (Å²) in [5.41, 5.74) is 0. The molecule has 2 aromatic heterocycles. The van der Waals surface area contributed by atoms with Gasteiger partial charge in [0.05, 0.1) is 0 Å². The Balaban J connectivity index is -0.0000000975. The van der Waals surface area contributed by atoms with Crippen molar-refractivity contribution < 1.29 is 0 Å². The summed E-state index contributed by atoms with van der Waals surface area (Å²) < 4.78 is 0. The van der Waals surface area contributed by atoms with Crippen molar-refractivity contribution in [3.8, 4) is 0 Å². The van der Waals surface area contributed by atoms with Crippen molar-refractivity contribution >= 4 is 0 Å². The summed E-state index contributed by atoms with van der Waals surface area (Å²) in [7, 11) is 0. The van der Waals surface area contributed by atoms with Gasteiger partial charge in [-0.05, 0) is 30.0 Å². The van der Waals surface area contributed by atoms with Crippen LogP contribution in [0.2, 0.25) is 0 Å². The van der Waals surface area contributed by atoms with Crippen molar-refractivity contribution in [3.63, 3.8) is 0 Å². The van der Waals surface area contributed by atoms with Gasteiger partial charge >= 0.3 is 0 Å². The summed E-state index contributed by atoms with van der Waals surface area (Å²) in [5, 5.41) is 0. The number of rotatable bonds is 0. The summed E-state index contributed by atoms with van der Waals surface area (Å²) in [6.07, 6.45) is 8.38. The highest BCUT2D eigenvalue weighted by atomic mass is 14.8. The topological polar surface area (TPSA) is 38.7 Å². The zero-order valence-corrected chi connectivity index (χ0v) is 13.7. The van der Waals surface area contributed by atoms with Crippen LogP contribution < -0.4 is 0 Å². The highest BCUT2D eigenvalue weighted by molar-refractivity contribution is 4.88. The number of hydrogen-bond acceptors (Lipinski definition) is 3. The third kappa shape index (κ3) is 51.7. The van der Waals surface area contributed by atoms with E-state index in [0.717, 1.165) is 11.8 Å². The van der Waals surface area contributed by atoms with Gasteiger partial charge in [0.25, 0.3) is 0 Å². The number of aromatic nitrogens is 3. The summed E-state index contributed by atoms with van der Waals surface area (Å²) >= 11 is 0. The molecule has 0 aliphatic carbocycles. The first-order valence-electron chi connectivity index (χ1n) is 7.01. The van der Waals surface area contributed by atoms with Crippen molar-refractivity contribution in [2.24, 2.45) is 11.8 Å². The van der Waals surface area contributed by atoms with E-state index in [9.17, 15) is 0 Å². The molecule has 0 spiro atoms. The Bertz CT molecular complexity index is 251. The molecule has 2 aromatic rings. The second-order valence-corrected chi connectivity index (χ2v) is 5.39. The van der Waals surface area contributed by atoms with Crippen molar-refractivity contribution in [2.75, 3.05) is 0 Å². The van der Waals surface area contributed by atoms with Gasteiger partial charge in [-0.2, -0.15) is 0 Å². The van der Waals surface area contributed by atoms with E-state index < -0.39 is 0 Å². The Kier molecular flexibility index (Phi) is 31.3. The van der Waals surface area contributed by atoms with Crippen LogP contribution >= 0.6 is 0 Å². The minimum absolute atomic E-state index is 0. The smallest absolute Gasteiger partial charge is 0.115 e. The Labute approximate surface area is 139 Å². The lowest BCUT2D eigenvalue weighted by atomic mass is 10.3. The molecule has 0 N–H and O–H groups in total. The molecule has 0 aliphatic rings.